The largest absolute Gasteiger partial charge is 0.455 e. The van der Waals surface area contributed by atoms with E-state index in [2.05, 4.69) is 6.07 Å². The molecule has 94 valence electrons. The summed E-state index contributed by atoms with van der Waals surface area (Å²) >= 11 is 0. The van der Waals surface area contributed by atoms with Crippen LogP contribution in [-0.4, -0.2) is 12.1 Å². The Bertz CT molecular complexity index is 637. The van der Waals surface area contributed by atoms with Crippen molar-refractivity contribution in [2.45, 2.75) is 19.1 Å². The molecule has 0 saturated heterocycles. The summed E-state index contributed by atoms with van der Waals surface area (Å²) in [5.74, 6) is 1.43. The Labute approximate surface area is 110 Å². The van der Waals surface area contributed by atoms with Crippen LogP contribution >= 0.6 is 0 Å². The van der Waals surface area contributed by atoms with Crippen LogP contribution in [0.2, 0.25) is 0 Å². The number of benzene rings is 1. The highest BCUT2D eigenvalue weighted by molar-refractivity contribution is 5.92. The first-order valence-electron chi connectivity index (χ1n) is 6.04. The van der Waals surface area contributed by atoms with E-state index < -0.39 is 6.29 Å². The predicted molar refractivity (Wildman–Crippen MR) is 68.0 cm³/mol. The van der Waals surface area contributed by atoms with Crippen LogP contribution in [0.5, 0.6) is 5.75 Å². The van der Waals surface area contributed by atoms with Crippen LogP contribution in [0.4, 0.5) is 0 Å². The maximum Gasteiger partial charge on any atom is 0.260 e. The van der Waals surface area contributed by atoms with E-state index in [1.54, 1.807) is 24.3 Å². The third kappa shape index (κ3) is 2.36. The average molecular weight is 253 g/mol. The summed E-state index contributed by atoms with van der Waals surface area (Å²) in [4.78, 5) is 11.1. The van der Waals surface area contributed by atoms with E-state index in [1.807, 2.05) is 6.08 Å². The highest BCUT2D eigenvalue weighted by atomic mass is 16.7. The molecule has 0 saturated carbocycles. The Morgan fingerprint density at radius 3 is 3.00 bits per heavy atom. The molecule has 0 radical (unpaired) electrons. The van der Waals surface area contributed by atoms with Crippen molar-refractivity contribution in [1.29, 1.82) is 5.26 Å². The lowest BCUT2D eigenvalue weighted by molar-refractivity contribution is -0.114. The fourth-order valence-corrected chi connectivity index (χ4v) is 2.08. The maximum absolute atomic E-state index is 11.1. The van der Waals surface area contributed by atoms with Crippen LogP contribution in [0.25, 0.3) is 6.08 Å². The van der Waals surface area contributed by atoms with E-state index in [-0.39, 0.29) is 5.78 Å². The summed E-state index contributed by atoms with van der Waals surface area (Å²) in [5, 5.41) is 8.83. The zero-order valence-corrected chi connectivity index (χ0v) is 10.1. The van der Waals surface area contributed by atoms with Crippen molar-refractivity contribution in [1.82, 2.24) is 0 Å². The molecule has 1 unspecified atom stereocenters. The van der Waals surface area contributed by atoms with Gasteiger partial charge in [-0.15, -0.1) is 0 Å². The number of carbonyl (C=O) groups is 1. The van der Waals surface area contributed by atoms with Crippen molar-refractivity contribution in [3.8, 4) is 11.8 Å². The first-order chi connectivity index (χ1) is 9.24. The Kier molecular flexibility index (Phi) is 2.81. The Balaban J connectivity index is 1.75. The van der Waals surface area contributed by atoms with Crippen molar-refractivity contribution in [3.05, 3.63) is 47.2 Å². The van der Waals surface area contributed by atoms with E-state index in [0.717, 1.165) is 5.56 Å². The topological polar surface area (TPSA) is 59.3 Å². The monoisotopic (exact) mass is 253 g/mol. The van der Waals surface area contributed by atoms with Crippen molar-refractivity contribution >= 4 is 11.9 Å². The number of ether oxygens (including phenoxy) is 2. The molecule has 1 aromatic rings. The lowest BCUT2D eigenvalue weighted by atomic mass is 10.1. The summed E-state index contributed by atoms with van der Waals surface area (Å²) in [6, 6.07) is 7.30. The van der Waals surface area contributed by atoms with Gasteiger partial charge in [0.05, 0.1) is 11.6 Å². The third-order valence-corrected chi connectivity index (χ3v) is 3.02. The normalized spacial score (nSPS) is 20.3. The van der Waals surface area contributed by atoms with Crippen LogP contribution in [-0.2, 0) is 9.53 Å². The number of hydrogen-bond acceptors (Lipinski definition) is 4. The van der Waals surface area contributed by atoms with Crippen molar-refractivity contribution in [3.63, 3.8) is 0 Å². The predicted octanol–water partition coefficient (Wildman–Crippen LogP) is 2.55. The Hall–Kier alpha value is -2.54. The fourth-order valence-electron chi connectivity index (χ4n) is 2.08. The molecule has 0 amide bonds. The van der Waals surface area contributed by atoms with Gasteiger partial charge in [0.25, 0.3) is 6.29 Å². The van der Waals surface area contributed by atoms with Gasteiger partial charge >= 0.3 is 0 Å². The van der Waals surface area contributed by atoms with Crippen LogP contribution < -0.4 is 4.74 Å². The SMILES string of the molecule is N#Cc1ccc2c(c1)C=CC(OC1=CC(=O)CC1)O2. The molecule has 0 spiro atoms. The van der Waals surface area contributed by atoms with Gasteiger partial charge in [-0.1, -0.05) is 0 Å². The first-order valence-corrected chi connectivity index (χ1v) is 6.04. The minimum atomic E-state index is -0.516. The third-order valence-electron chi connectivity index (χ3n) is 3.02. The van der Waals surface area contributed by atoms with Crippen LogP contribution in [0, 0.1) is 11.3 Å². The van der Waals surface area contributed by atoms with Crippen molar-refractivity contribution in [2.75, 3.05) is 0 Å². The molecule has 19 heavy (non-hydrogen) atoms. The fraction of sp³-hybridized carbons (Fsp3) is 0.200. The van der Waals surface area contributed by atoms with Gasteiger partial charge in [0.1, 0.15) is 11.5 Å². The lowest BCUT2D eigenvalue weighted by Crippen LogP contribution is -2.20. The van der Waals surface area contributed by atoms with Crippen molar-refractivity contribution in [2.24, 2.45) is 0 Å². The van der Waals surface area contributed by atoms with E-state index in [9.17, 15) is 4.79 Å². The number of nitrogens with zero attached hydrogens (tertiary/aromatic N) is 1. The number of carbonyl (C=O) groups excluding carboxylic acids is 1. The van der Waals surface area contributed by atoms with Gasteiger partial charge in [-0.3, -0.25) is 4.79 Å². The summed E-state index contributed by atoms with van der Waals surface area (Å²) in [6.45, 7) is 0. The van der Waals surface area contributed by atoms with Crippen LogP contribution in [0.15, 0.2) is 36.1 Å². The standard InChI is InChI=1S/C15H11NO3/c16-9-10-1-5-14-11(7-10)2-6-15(19-14)18-13-4-3-12(17)8-13/h1-2,5-8,15H,3-4H2. The molecule has 0 fully saturated rings. The van der Waals surface area contributed by atoms with Crippen LogP contribution in [0.3, 0.4) is 0 Å². The Morgan fingerprint density at radius 2 is 2.26 bits per heavy atom. The number of fused-ring (bicyclic) bond motifs is 1. The quantitative estimate of drug-likeness (QED) is 0.812. The van der Waals surface area contributed by atoms with E-state index in [0.29, 0.717) is 29.9 Å². The molecule has 4 heteroatoms. The van der Waals surface area contributed by atoms with Gasteiger partial charge in [0.2, 0.25) is 0 Å². The Morgan fingerprint density at radius 1 is 1.37 bits per heavy atom. The minimum Gasteiger partial charge on any atom is -0.455 e. The lowest BCUT2D eigenvalue weighted by Gasteiger charge is -2.22. The summed E-state index contributed by atoms with van der Waals surface area (Å²) in [6.07, 6.45) is 5.78. The number of ketones is 1. The number of rotatable bonds is 2. The molecular weight excluding hydrogens is 242 g/mol. The molecule has 1 aliphatic heterocycles. The van der Waals surface area contributed by atoms with Gasteiger partial charge in [0, 0.05) is 24.5 Å². The second kappa shape index (κ2) is 4.62. The molecule has 1 aliphatic carbocycles. The van der Waals surface area contributed by atoms with Gasteiger partial charge < -0.3 is 9.47 Å². The molecule has 3 rings (SSSR count). The molecule has 4 nitrogen and oxygen atoms in total. The number of allylic oxidation sites excluding steroid dienone is 2. The summed E-state index contributed by atoms with van der Waals surface area (Å²) in [7, 11) is 0. The smallest absolute Gasteiger partial charge is 0.260 e. The van der Waals surface area contributed by atoms with Gasteiger partial charge in [0.15, 0.2) is 5.78 Å². The zero-order chi connectivity index (χ0) is 13.2. The molecule has 0 aromatic heterocycles. The summed E-state index contributed by atoms with van der Waals surface area (Å²) in [5.41, 5.74) is 1.45. The second-order valence-electron chi connectivity index (χ2n) is 4.40. The van der Waals surface area contributed by atoms with Gasteiger partial charge in [-0.05, 0) is 30.4 Å². The van der Waals surface area contributed by atoms with E-state index >= 15 is 0 Å². The molecule has 1 atom stereocenters. The van der Waals surface area contributed by atoms with Gasteiger partial charge in [-0.25, -0.2) is 0 Å². The minimum absolute atomic E-state index is 0.0915. The molecule has 1 heterocycles. The summed E-state index contributed by atoms with van der Waals surface area (Å²) < 4.78 is 11.3. The highest BCUT2D eigenvalue weighted by Crippen LogP contribution is 2.29. The molecule has 1 aromatic carbocycles. The highest BCUT2D eigenvalue weighted by Gasteiger charge is 2.20. The number of nitriles is 1. The average Bonchev–Trinajstić information content (AvgIpc) is 2.83. The van der Waals surface area contributed by atoms with E-state index in [4.69, 9.17) is 14.7 Å². The van der Waals surface area contributed by atoms with E-state index in [1.165, 1.54) is 6.08 Å². The molecule has 0 bridgehead atoms. The molecular formula is C15H11NO3. The van der Waals surface area contributed by atoms with Crippen molar-refractivity contribution < 1.29 is 14.3 Å². The molecule has 2 aliphatic rings. The first kappa shape index (κ1) is 11.5. The van der Waals surface area contributed by atoms with Gasteiger partial charge in [-0.2, -0.15) is 5.26 Å². The zero-order valence-electron chi connectivity index (χ0n) is 10.1. The maximum atomic E-state index is 11.1. The molecule has 0 N–H and O–H groups in total. The van der Waals surface area contributed by atoms with Crippen LogP contribution in [0.1, 0.15) is 24.0 Å². The second-order valence-corrected chi connectivity index (χ2v) is 4.40. The number of hydrogen-bond donors (Lipinski definition) is 0.